The second-order valence-corrected chi connectivity index (χ2v) is 6.65. The van der Waals surface area contributed by atoms with Crippen LogP contribution in [0.25, 0.3) is 0 Å². The Kier molecular flexibility index (Phi) is 4.16. The molecule has 0 unspecified atom stereocenters. The number of rotatable bonds is 2. The molecule has 1 N–H and O–H groups in total. The van der Waals surface area contributed by atoms with E-state index in [2.05, 4.69) is 6.92 Å². The van der Waals surface area contributed by atoms with Gasteiger partial charge in [0.15, 0.2) is 0 Å². The molecule has 0 atom stereocenters. The van der Waals surface area contributed by atoms with E-state index in [1.165, 1.54) is 0 Å². The summed E-state index contributed by atoms with van der Waals surface area (Å²) >= 11 is 0. The Balaban J connectivity index is 1.87. The van der Waals surface area contributed by atoms with Crippen molar-refractivity contribution in [1.29, 1.82) is 0 Å². The smallest absolute Gasteiger partial charge is 0.309 e. The second kappa shape index (κ2) is 5.51. The fourth-order valence-electron chi connectivity index (χ4n) is 3.20. The molecule has 0 aromatic rings. The molecule has 1 aliphatic carbocycles. The van der Waals surface area contributed by atoms with E-state index in [9.17, 15) is 14.7 Å². The van der Waals surface area contributed by atoms with Crippen molar-refractivity contribution in [3.05, 3.63) is 0 Å². The van der Waals surface area contributed by atoms with Gasteiger partial charge < -0.3 is 10.0 Å². The van der Waals surface area contributed by atoms with Crippen molar-refractivity contribution in [3.8, 4) is 0 Å². The van der Waals surface area contributed by atoms with E-state index in [4.69, 9.17) is 0 Å². The van der Waals surface area contributed by atoms with Crippen LogP contribution in [0.15, 0.2) is 0 Å². The number of hydrogen-bond acceptors (Lipinski definition) is 2. The number of hydrogen-bond donors (Lipinski definition) is 1. The minimum atomic E-state index is -0.730. The Morgan fingerprint density at radius 1 is 1.11 bits per heavy atom. The molecule has 0 aromatic carbocycles. The van der Waals surface area contributed by atoms with E-state index >= 15 is 0 Å². The molecule has 4 nitrogen and oxygen atoms in total. The fraction of sp³-hybridized carbons (Fsp3) is 0.867. The molecule has 108 valence electrons. The van der Waals surface area contributed by atoms with Gasteiger partial charge >= 0.3 is 5.97 Å². The summed E-state index contributed by atoms with van der Waals surface area (Å²) in [5.74, 6) is 0.469. The standard InChI is InChI=1S/C15H25NO3/c1-11-3-5-12(6-4-11)13(17)16-9-7-15(2,8-10-16)14(18)19/h11-12H,3-10H2,1-2H3,(H,18,19). The van der Waals surface area contributed by atoms with Crippen molar-refractivity contribution in [2.45, 2.75) is 52.4 Å². The van der Waals surface area contributed by atoms with E-state index in [0.29, 0.717) is 25.9 Å². The van der Waals surface area contributed by atoms with Gasteiger partial charge in [0.05, 0.1) is 5.41 Å². The van der Waals surface area contributed by atoms with Gasteiger partial charge in [-0.1, -0.05) is 6.92 Å². The number of carbonyl (C=O) groups is 2. The van der Waals surface area contributed by atoms with Crippen LogP contribution in [0.5, 0.6) is 0 Å². The molecule has 2 fully saturated rings. The van der Waals surface area contributed by atoms with Crippen LogP contribution in [0.1, 0.15) is 52.4 Å². The van der Waals surface area contributed by atoms with Gasteiger partial charge in [0.2, 0.25) is 5.91 Å². The Labute approximate surface area is 115 Å². The first-order chi connectivity index (χ1) is 8.92. The number of carboxylic acids is 1. The van der Waals surface area contributed by atoms with Gasteiger partial charge in [-0.2, -0.15) is 0 Å². The number of likely N-dealkylation sites (tertiary alicyclic amines) is 1. The predicted octanol–water partition coefficient (Wildman–Crippen LogP) is 2.53. The molecule has 4 heteroatoms. The number of carbonyl (C=O) groups excluding carboxylic acids is 1. The molecular formula is C15H25NO3. The highest BCUT2D eigenvalue weighted by Gasteiger charge is 2.39. The Hall–Kier alpha value is -1.06. The van der Waals surface area contributed by atoms with Crippen LogP contribution in [0.3, 0.4) is 0 Å². The molecular weight excluding hydrogens is 242 g/mol. The van der Waals surface area contributed by atoms with Gasteiger partial charge in [-0.25, -0.2) is 0 Å². The van der Waals surface area contributed by atoms with Crippen molar-refractivity contribution in [2.75, 3.05) is 13.1 Å². The van der Waals surface area contributed by atoms with E-state index < -0.39 is 11.4 Å². The number of nitrogens with zero attached hydrogens (tertiary/aromatic N) is 1. The number of aliphatic carboxylic acids is 1. The average molecular weight is 267 g/mol. The summed E-state index contributed by atoms with van der Waals surface area (Å²) in [6.07, 6.45) is 5.47. The maximum absolute atomic E-state index is 12.4. The number of piperidine rings is 1. The third-order valence-corrected chi connectivity index (χ3v) is 5.06. The lowest BCUT2D eigenvalue weighted by atomic mass is 9.79. The van der Waals surface area contributed by atoms with Crippen LogP contribution in [0, 0.1) is 17.3 Å². The lowest BCUT2D eigenvalue weighted by Gasteiger charge is -2.39. The maximum atomic E-state index is 12.4. The zero-order valence-electron chi connectivity index (χ0n) is 12.0. The van der Waals surface area contributed by atoms with Crippen molar-refractivity contribution in [1.82, 2.24) is 4.90 Å². The summed E-state index contributed by atoms with van der Waals surface area (Å²) < 4.78 is 0. The first-order valence-corrected chi connectivity index (χ1v) is 7.44. The van der Waals surface area contributed by atoms with E-state index in [-0.39, 0.29) is 11.8 Å². The minimum absolute atomic E-state index is 0.186. The van der Waals surface area contributed by atoms with Crippen LogP contribution in [-0.4, -0.2) is 35.0 Å². The zero-order valence-corrected chi connectivity index (χ0v) is 12.0. The SMILES string of the molecule is CC1CCC(C(=O)N2CCC(C)(C(=O)O)CC2)CC1. The largest absolute Gasteiger partial charge is 0.481 e. The molecule has 1 saturated heterocycles. The first-order valence-electron chi connectivity index (χ1n) is 7.44. The highest BCUT2D eigenvalue weighted by molar-refractivity contribution is 5.80. The molecule has 0 aromatic heterocycles. The molecule has 0 spiro atoms. The molecule has 1 heterocycles. The summed E-state index contributed by atoms with van der Waals surface area (Å²) in [6, 6.07) is 0. The van der Waals surface area contributed by atoms with E-state index in [1.807, 2.05) is 4.90 Å². The van der Waals surface area contributed by atoms with Crippen molar-refractivity contribution < 1.29 is 14.7 Å². The quantitative estimate of drug-likeness (QED) is 0.836. The number of carboxylic acid groups (broad SMARTS) is 1. The van der Waals surface area contributed by atoms with Crippen LogP contribution < -0.4 is 0 Å². The lowest BCUT2D eigenvalue weighted by molar-refractivity contribution is -0.154. The summed E-state index contributed by atoms with van der Waals surface area (Å²) in [7, 11) is 0. The zero-order chi connectivity index (χ0) is 14.0. The van der Waals surface area contributed by atoms with Gasteiger partial charge in [0.1, 0.15) is 0 Å². The summed E-state index contributed by atoms with van der Waals surface area (Å²) in [5, 5.41) is 9.20. The van der Waals surface area contributed by atoms with Crippen LogP contribution >= 0.6 is 0 Å². The topological polar surface area (TPSA) is 57.6 Å². The van der Waals surface area contributed by atoms with Gasteiger partial charge in [-0.15, -0.1) is 0 Å². The third kappa shape index (κ3) is 3.10. The first kappa shape index (κ1) is 14.4. The summed E-state index contributed by atoms with van der Waals surface area (Å²) in [5.41, 5.74) is -0.641. The highest BCUT2D eigenvalue weighted by atomic mass is 16.4. The molecule has 19 heavy (non-hydrogen) atoms. The molecule has 0 radical (unpaired) electrons. The van der Waals surface area contributed by atoms with Gasteiger partial charge in [0, 0.05) is 19.0 Å². The molecule has 1 aliphatic heterocycles. The summed E-state index contributed by atoms with van der Waals surface area (Å²) in [4.78, 5) is 25.5. The van der Waals surface area contributed by atoms with Crippen molar-refractivity contribution in [2.24, 2.45) is 17.3 Å². The monoisotopic (exact) mass is 267 g/mol. The predicted molar refractivity (Wildman–Crippen MR) is 72.7 cm³/mol. The van der Waals surface area contributed by atoms with Gasteiger partial charge in [0.25, 0.3) is 0 Å². The van der Waals surface area contributed by atoms with E-state index in [1.54, 1.807) is 6.92 Å². The molecule has 2 rings (SSSR count). The van der Waals surface area contributed by atoms with E-state index in [0.717, 1.165) is 31.6 Å². The Morgan fingerprint density at radius 2 is 1.63 bits per heavy atom. The van der Waals surface area contributed by atoms with Crippen LogP contribution in [0.4, 0.5) is 0 Å². The van der Waals surface area contributed by atoms with Crippen LogP contribution in [0.2, 0.25) is 0 Å². The Bertz CT molecular complexity index is 350. The maximum Gasteiger partial charge on any atom is 0.309 e. The number of amides is 1. The molecule has 1 amide bonds. The third-order valence-electron chi connectivity index (χ3n) is 5.06. The van der Waals surface area contributed by atoms with Gasteiger partial charge in [-0.05, 0) is 51.4 Å². The average Bonchev–Trinajstić information content (AvgIpc) is 2.39. The fourth-order valence-corrected chi connectivity index (χ4v) is 3.20. The molecule has 0 bridgehead atoms. The van der Waals surface area contributed by atoms with Crippen LogP contribution in [-0.2, 0) is 9.59 Å². The highest BCUT2D eigenvalue weighted by Crippen LogP contribution is 2.34. The summed E-state index contributed by atoms with van der Waals surface area (Å²) in [6.45, 7) is 5.25. The molecule has 1 saturated carbocycles. The van der Waals surface area contributed by atoms with Crippen molar-refractivity contribution >= 4 is 11.9 Å². The van der Waals surface area contributed by atoms with Crippen molar-refractivity contribution in [3.63, 3.8) is 0 Å². The normalized spacial score (nSPS) is 30.9. The minimum Gasteiger partial charge on any atom is -0.481 e. The Morgan fingerprint density at radius 3 is 2.11 bits per heavy atom. The second-order valence-electron chi connectivity index (χ2n) is 6.65. The molecule has 2 aliphatic rings. The van der Waals surface area contributed by atoms with Gasteiger partial charge in [-0.3, -0.25) is 9.59 Å². The lowest BCUT2D eigenvalue weighted by Crippen LogP contribution is -2.47.